The average Bonchev–Trinajstić information content (AvgIpc) is 2.71. The van der Waals surface area contributed by atoms with Gasteiger partial charge in [-0.3, -0.25) is 4.72 Å². The van der Waals surface area contributed by atoms with Gasteiger partial charge in [-0.2, -0.15) is 0 Å². The Kier molecular flexibility index (Phi) is 4.60. The highest BCUT2D eigenvalue weighted by Crippen LogP contribution is 2.31. The zero-order valence-electron chi connectivity index (χ0n) is 10.3. The number of nitrogens with one attached hydrogen (secondary N) is 1. The Morgan fingerprint density at radius 1 is 1.26 bits per heavy atom. The average molecular weight is 378 g/mol. The van der Waals surface area contributed by atoms with Crippen molar-refractivity contribution in [3.63, 3.8) is 0 Å². The molecule has 2 aromatic rings. The summed E-state index contributed by atoms with van der Waals surface area (Å²) < 4.78 is 28.1. The number of aryl methyl sites for hydroxylation is 1. The molecule has 0 aliphatic carbocycles. The van der Waals surface area contributed by atoms with Gasteiger partial charge >= 0.3 is 0 Å². The number of hydrogen-bond donors (Lipinski definition) is 1. The molecule has 102 valence electrons. The third kappa shape index (κ3) is 3.53. The number of hydrogen-bond acceptors (Lipinski definition) is 4. The zero-order chi connectivity index (χ0) is 14.0. The van der Waals surface area contributed by atoms with Crippen LogP contribution in [0.5, 0.6) is 0 Å². The molecule has 0 radical (unpaired) electrons. The summed E-state index contributed by atoms with van der Waals surface area (Å²) in [6.07, 6.45) is 1.98. The van der Waals surface area contributed by atoms with Crippen molar-refractivity contribution in [2.45, 2.75) is 16.0 Å². The fraction of sp³-hybridized carbons (Fsp3) is 0.167. The van der Waals surface area contributed by atoms with Crippen LogP contribution in [0.25, 0.3) is 0 Å². The molecule has 1 heterocycles. The lowest BCUT2D eigenvalue weighted by molar-refractivity contribution is 0.603. The van der Waals surface area contributed by atoms with E-state index >= 15 is 0 Å². The summed E-state index contributed by atoms with van der Waals surface area (Å²) in [5.41, 5.74) is 1.49. The monoisotopic (exact) mass is 377 g/mol. The van der Waals surface area contributed by atoms with Crippen molar-refractivity contribution in [1.29, 1.82) is 0 Å². The number of sulfonamides is 1. The molecule has 2 rings (SSSR count). The fourth-order valence-electron chi connectivity index (χ4n) is 1.43. The molecule has 0 aliphatic rings. The summed E-state index contributed by atoms with van der Waals surface area (Å²) >= 11 is 6.16. The summed E-state index contributed by atoms with van der Waals surface area (Å²) in [5, 5.41) is 0. The Morgan fingerprint density at radius 2 is 1.89 bits per heavy atom. The van der Waals surface area contributed by atoms with Crippen molar-refractivity contribution in [3.8, 4) is 0 Å². The van der Waals surface area contributed by atoms with Gasteiger partial charge in [0.15, 0.2) is 0 Å². The highest BCUT2D eigenvalue weighted by Gasteiger charge is 2.18. The quantitative estimate of drug-likeness (QED) is 0.805. The van der Waals surface area contributed by atoms with Crippen LogP contribution in [0.3, 0.4) is 0 Å². The molecule has 0 unspecified atom stereocenters. The van der Waals surface area contributed by atoms with Gasteiger partial charge < -0.3 is 0 Å². The molecular weight excluding hydrogens is 366 g/mol. The first-order chi connectivity index (χ1) is 8.92. The van der Waals surface area contributed by atoms with Gasteiger partial charge in [0, 0.05) is 10.6 Å². The van der Waals surface area contributed by atoms with Gasteiger partial charge in [0.25, 0.3) is 10.0 Å². The maximum atomic E-state index is 12.2. The van der Waals surface area contributed by atoms with Gasteiger partial charge in [0.2, 0.25) is 0 Å². The Morgan fingerprint density at radius 3 is 2.37 bits per heavy atom. The van der Waals surface area contributed by atoms with Crippen LogP contribution in [0.2, 0.25) is 0 Å². The highest BCUT2D eigenvalue weighted by molar-refractivity contribution is 9.11. The van der Waals surface area contributed by atoms with E-state index in [1.165, 1.54) is 11.3 Å². The number of anilines is 1. The minimum Gasteiger partial charge on any atom is -0.279 e. The predicted molar refractivity (Wildman–Crippen MR) is 85.8 cm³/mol. The lowest BCUT2D eigenvalue weighted by Gasteiger charge is -2.06. The zero-order valence-corrected chi connectivity index (χ0v) is 14.3. The van der Waals surface area contributed by atoms with E-state index in [1.54, 1.807) is 30.0 Å². The highest BCUT2D eigenvalue weighted by atomic mass is 79.9. The SMILES string of the molecule is CSc1ccc(NS(=O)(=O)c2cc(C)c(Br)s2)cc1. The first-order valence-electron chi connectivity index (χ1n) is 5.35. The van der Waals surface area contributed by atoms with E-state index in [4.69, 9.17) is 0 Å². The van der Waals surface area contributed by atoms with Crippen molar-refractivity contribution in [3.05, 3.63) is 39.7 Å². The third-order valence-electron chi connectivity index (χ3n) is 2.44. The minimum absolute atomic E-state index is 0.311. The van der Waals surface area contributed by atoms with Crippen molar-refractivity contribution < 1.29 is 8.42 Å². The second-order valence-electron chi connectivity index (χ2n) is 3.86. The number of benzene rings is 1. The number of halogens is 1. The first kappa shape index (κ1) is 14.9. The Hall–Kier alpha value is -0.500. The van der Waals surface area contributed by atoms with E-state index < -0.39 is 10.0 Å². The van der Waals surface area contributed by atoms with Crippen LogP contribution in [0, 0.1) is 6.92 Å². The first-order valence-corrected chi connectivity index (χ1v) is 9.67. The van der Waals surface area contributed by atoms with E-state index in [2.05, 4.69) is 20.7 Å². The molecule has 1 aromatic heterocycles. The van der Waals surface area contributed by atoms with Crippen LogP contribution in [-0.2, 0) is 10.0 Å². The molecule has 3 nitrogen and oxygen atoms in total. The lowest BCUT2D eigenvalue weighted by atomic mass is 10.3. The van der Waals surface area contributed by atoms with Crippen LogP contribution in [0.1, 0.15) is 5.56 Å². The molecule has 0 saturated carbocycles. The Labute approximate surface area is 129 Å². The molecule has 0 spiro atoms. The van der Waals surface area contributed by atoms with Gasteiger partial charge in [-0.1, -0.05) is 0 Å². The Bertz CT molecular complexity index is 658. The van der Waals surface area contributed by atoms with E-state index in [-0.39, 0.29) is 0 Å². The summed E-state index contributed by atoms with van der Waals surface area (Å²) in [6, 6.07) is 8.96. The van der Waals surface area contributed by atoms with Gasteiger partial charge in [0.05, 0.1) is 3.79 Å². The van der Waals surface area contributed by atoms with Crippen LogP contribution < -0.4 is 4.72 Å². The van der Waals surface area contributed by atoms with Gasteiger partial charge in [-0.15, -0.1) is 23.1 Å². The molecule has 1 N–H and O–H groups in total. The number of rotatable bonds is 4. The second kappa shape index (κ2) is 5.87. The maximum absolute atomic E-state index is 12.2. The van der Waals surface area contributed by atoms with Gasteiger partial charge in [-0.25, -0.2) is 8.42 Å². The fourth-order valence-corrected chi connectivity index (χ4v) is 5.12. The van der Waals surface area contributed by atoms with Crippen molar-refractivity contribution >= 4 is 54.7 Å². The van der Waals surface area contributed by atoms with Gasteiger partial charge in [-0.05, 0) is 65.0 Å². The topological polar surface area (TPSA) is 46.2 Å². The molecule has 0 amide bonds. The predicted octanol–water partition coefficient (Wildman–Crippen LogP) is 4.34. The van der Waals surface area contributed by atoms with Crippen LogP contribution in [-0.4, -0.2) is 14.7 Å². The van der Waals surface area contributed by atoms with Crippen LogP contribution in [0.4, 0.5) is 5.69 Å². The summed E-state index contributed by atoms with van der Waals surface area (Å²) in [5.74, 6) is 0. The van der Waals surface area contributed by atoms with E-state index in [9.17, 15) is 8.42 Å². The molecule has 0 atom stereocenters. The third-order valence-corrected chi connectivity index (χ3v) is 7.18. The molecule has 0 fully saturated rings. The van der Waals surface area contributed by atoms with E-state index in [0.717, 1.165) is 14.2 Å². The van der Waals surface area contributed by atoms with E-state index in [1.807, 2.05) is 25.3 Å². The molecule has 0 bridgehead atoms. The van der Waals surface area contributed by atoms with Crippen LogP contribution >= 0.6 is 39.0 Å². The summed E-state index contributed by atoms with van der Waals surface area (Å²) in [7, 11) is -3.50. The second-order valence-corrected chi connectivity index (χ2v) is 9.02. The van der Waals surface area contributed by atoms with Crippen molar-refractivity contribution in [2.24, 2.45) is 0 Å². The van der Waals surface area contributed by atoms with E-state index in [0.29, 0.717) is 9.90 Å². The lowest BCUT2D eigenvalue weighted by Crippen LogP contribution is -2.11. The molecule has 7 heteroatoms. The number of thioether (sulfide) groups is 1. The molecule has 19 heavy (non-hydrogen) atoms. The van der Waals surface area contributed by atoms with Crippen molar-refractivity contribution in [2.75, 3.05) is 11.0 Å². The molecule has 1 aromatic carbocycles. The standard InChI is InChI=1S/C12H12BrNO2S3/c1-8-7-11(18-12(8)13)19(15,16)14-9-3-5-10(17-2)6-4-9/h3-7,14H,1-2H3. The molecular formula is C12H12BrNO2S3. The molecule has 0 saturated heterocycles. The summed E-state index contributed by atoms with van der Waals surface area (Å²) in [4.78, 5) is 1.10. The maximum Gasteiger partial charge on any atom is 0.271 e. The van der Waals surface area contributed by atoms with Gasteiger partial charge in [0.1, 0.15) is 4.21 Å². The normalized spacial score (nSPS) is 11.5. The number of thiophene rings is 1. The Balaban J connectivity index is 2.25. The van der Waals surface area contributed by atoms with Crippen LogP contribution in [0.15, 0.2) is 43.2 Å². The molecule has 0 aliphatic heterocycles. The van der Waals surface area contributed by atoms with Crippen molar-refractivity contribution in [1.82, 2.24) is 0 Å². The minimum atomic E-state index is -3.50. The smallest absolute Gasteiger partial charge is 0.271 e. The summed E-state index contributed by atoms with van der Waals surface area (Å²) in [6.45, 7) is 1.87. The largest absolute Gasteiger partial charge is 0.279 e.